The molecule has 15 heavy (non-hydrogen) atoms. The van der Waals surface area contributed by atoms with Crippen molar-refractivity contribution in [1.82, 2.24) is 5.32 Å². The topological polar surface area (TPSA) is 75.4 Å². The van der Waals surface area contributed by atoms with E-state index in [0.717, 1.165) is 0 Å². The summed E-state index contributed by atoms with van der Waals surface area (Å²) in [6.07, 6.45) is 0. The third-order valence-corrected chi connectivity index (χ3v) is 1.67. The molecule has 2 N–H and O–H groups in total. The van der Waals surface area contributed by atoms with Gasteiger partial charge in [-0.1, -0.05) is 11.8 Å². The summed E-state index contributed by atoms with van der Waals surface area (Å²) in [5, 5.41) is 22.5. The highest BCUT2D eigenvalue weighted by Crippen LogP contribution is 2.25. The molecule has 0 fully saturated rings. The molecule has 0 aliphatic carbocycles. The normalized spacial score (nSPS) is 9.13. The lowest BCUT2D eigenvalue weighted by atomic mass is 10.2. The zero-order chi connectivity index (χ0) is 11.3. The quantitative estimate of drug-likeness (QED) is 0.427. The third kappa shape index (κ3) is 2.97. The SMILES string of the molecule is CNCC#Cc1ccc(O)c([N+](=O)[O-])c1. The molecule has 0 spiro atoms. The fourth-order valence-electron chi connectivity index (χ4n) is 0.982. The summed E-state index contributed by atoms with van der Waals surface area (Å²) in [5.74, 6) is 5.16. The predicted molar refractivity (Wildman–Crippen MR) is 55.6 cm³/mol. The van der Waals surface area contributed by atoms with Crippen LogP contribution < -0.4 is 5.32 Å². The molecule has 1 rings (SSSR count). The second kappa shape index (κ2) is 4.98. The first-order valence-electron chi connectivity index (χ1n) is 4.26. The number of nitro groups is 1. The number of nitrogens with zero attached hydrogens (tertiary/aromatic N) is 1. The lowest BCUT2D eigenvalue weighted by molar-refractivity contribution is -0.385. The Morgan fingerprint density at radius 1 is 1.60 bits per heavy atom. The summed E-state index contributed by atoms with van der Waals surface area (Å²) in [4.78, 5) is 9.85. The number of rotatable bonds is 2. The molecular weight excluding hydrogens is 196 g/mol. The van der Waals surface area contributed by atoms with Crippen molar-refractivity contribution in [2.45, 2.75) is 0 Å². The van der Waals surface area contributed by atoms with E-state index in [1.807, 2.05) is 0 Å². The van der Waals surface area contributed by atoms with E-state index in [1.54, 1.807) is 7.05 Å². The Labute approximate surface area is 86.9 Å². The molecule has 78 valence electrons. The van der Waals surface area contributed by atoms with E-state index in [4.69, 9.17) is 0 Å². The van der Waals surface area contributed by atoms with Gasteiger partial charge in [-0.05, 0) is 19.2 Å². The van der Waals surface area contributed by atoms with Crippen LogP contribution >= 0.6 is 0 Å². The van der Waals surface area contributed by atoms with Crippen LogP contribution in [0.25, 0.3) is 0 Å². The van der Waals surface area contributed by atoms with Gasteiger partial charge in [0.25, 0.3) is 0 Å². The van der Waals surface area contributed by atoms with E-state index in [9.17, 15) is 15.2 Å². The molecule has 0 amide bonds. The number of hydrogen-bond donors (Lipinski definition) is 2. The highest BCUT2D eigenvalue weighted by Gasteiger charge is 2.12. The van der Waals surface area contributed by atoms with Gasteiger partial charge in [0.2, 0.25) is 0 Å². The van der Waals surface area contributed by atoms with Gasteiger partial charge in [-0.3, -0.25) is 10.1 Å². The van der Waals surface area contributed by atoms with E-state index in [1.165, 1.54) is 18.2 Å². The Morgan fingerprint density at radius 2 is 2.33 bits per heavy atom. The van der Waals surface area contributed by atoms with Crippen LogP contribution in [0.15, 0.2) is 18.2 Å². The van der Waals surface area contributed by atoms with Crippen molar-refractivity contribution in [3.63, 3.8) is 0 Å². The van der Waals surface area contributed by atoms with Gasteiger partial charge in [-0.15, -0.1) is 0 Å². The molecule has 0 aliphatic rings. The Kier molecular flexibility index (Phi) is 3.66. The number of phenolic OH excluding ortho intramolecular Hbond substituents is 1. The van der Waals surface area contributed by atoms with Gasteiger partial charge in [0.1, 0.15) is 0 Å². The molecule has 0 radical (unpaired) electrons. The van der Waals surface area contributed by atoms with Gasteiger partial charge in [0.05, 0.1) is 11.5 Å². The van der Waals surface area contributed by atoms with Crippen molar-refractivity contribution >= 4 is 5.69 Å². The molecule has 5 heteroatoms. The number of nitrogens with one attached hydrogen (secondary N) is 1. The monoisotopic (exact) mass is 206 g/mol. The summed E-state index contributed by atoms with van der Waals surface area (Å²) >= 11 is 0. The van der Waals surface area contributed by atoms with Crippen molar-refractivity contribution in [2.24, 2.45) is 0 Å². The molecular formula is C10H10N2O3. The first-order chi connectivity index (χ1) is 7.15. The Bertz CT molecular complexity index is 432. The maximum atomic E-state index is 10.5. The molecule has 0 saturated heterocycles. The molecule has 0 heterocycles. The van der Waals surface area contributed by atoms with Crippen LogP contribution in [-0.2, 0) is 0 Å². The second-order valence-electron chi connectivity index (χ2n) is 2.79. The summed E-state index contributed by atoms with van der Waals surface area (Å²) in [6.45, 7) is 0.509. The maximum Gasteiger partial charge on any atom is 0.311 e. The van der Waals surface area contributed by atoms with Crippen LogP contribution in [0.2, 0.25) is 0 Å². The zero-order valence-electron chi connectivity index (χ0n) is 8.15. The Hall–Kier alpha value is -2.06. The lowest BCUT2D eigenvalue weighted by Gasteiger charge is -1.95. The van der Waals surface area contributed by atoms with Gasteiger partial charge in [-0.2, -0.15) is 0 Å². The standard InChI is InChI=1S/C10H10N2O3/c1-11-6-2-3-8-4-5-10(13)9(7-8)12(14)15/h4-5,7,11,13H,6H2,1H3. The van der Waals surface area contributed by atoms with E-state index in [-0.39, 0.29) is 11.4 Å². The highest BCUT2D eigenvalue weighted by atomic mass is 16.6. The predicted octanol–water partition coefficient (Wildman–Crippen LogP) is 0.871. The summed E-state index contributed by atoms with van der Waals surface area (Å²) < 4.78 is 0. The summed E-state index contributed by atoms with van der Waals surface area (Å²) in [7, 11) is 1.76. The Balaban J connectivity index is 2.99. The van der Waals surface area contributed by atoms with Crippen LogP contribution in [0, 0.1) is 22.0 Å². The van der Waals surface area contributed by atoms with E-state index in [0.29, 0.717) is 12.1 Å². The van der Waals surface area contributed by atoms with Crippen molar-refractivity contribution in [1.29, 1.82) is 0 Å². The van der Waals surface area contributed by atoms with Crippen LogP contribution in [0.4, 0.5) is 5.69 Å². The molecule has 0 aromatic heterocycles. The average Bonchev–Trinajstić information content (AvgIpc) is 2.20. The molecule has 0 saturated carbocycles. The molecule has 1 aromatic carbocycles. The van der Waals surface area contributed by atoms with Gasteiger partial charge < -0.3 is 10.4 Å². The molecule has 0 atom stereocenters. The summed E-state index contributed by atoms with van der Waals surface area (Å²) in [5.41, 5.74) is 0.181. The van der Waals surface area contributed by atoms with Crippen LogP contribution in [0.5, 0.6) is 5.75 Å². The van der Waals surface area contributed by atoms with Crippen molar-refractivity contribution in [3.8, 4) is 17.6 Å². The minimum atomic E-state index is -0.640. The molecule has 0 unspecified atom stereocenters. The highest BCUT2D eigenvalue weighted by molar-refractivity contribution is 5.51. The fraction of sp³-hybridized carbons (Fsp3) is 0.200. The minimum absolute atomic E-state index is 0.328. The summed E-state index contributed by atoms with van der Waals surface area (Å²) in [6, 6.07) is 4.05. The van der Waals surface area contributed by atoms with Crippen LogP contribution in [0.1, 0.15) is 5.56 Å². The molecule has 0 aliphatic heterocycles. The van der Waals surface area contributed by atoms with Crippen LogP contribution in [-0.4, -0.2) is 23.6 Å². The van der Waals surface area contributed by atoms with Gasteiger partial charge in [-0.25, -0.2) is 0 Å². The zero-order valence-corrected chi connectivity index (χ0v) is 8.15. The fourth-order valence-corrected chi connectivity index (χ4v) is 0.982. The van der Waals surface area contributed by atoms with E-state index >= 15 is 0 Å². The number of aromatic hydroxyl groups is 1. The number of hydrogen-bond acceptors (Lipinski definition) is 4. The molecule has 5 nitrogen and oxygen atoms in total. The maximum absolute atomic E-state index is 10.5. The number of benzene rings is 1. The van der Waals surface area contributed by atoms with Crippen LogP contribution in [0.3, 0.4) is 0 Å². The first-order valence-corrected chi connectivity index (χ1v) is 4.26. The van der Waals surface area contributed by atoms with Gasteiger partial charge in [0.15, 0.2) is 5.75 Å². The van der Waals surface area contributed by atoms with Gasteiger partial charge >= 0.3 is 5.69 Å². The average molecular weight is 206 g/mol. The first kappa shape index (κ1) is 11.0. The van der Waals surface area contributed by atoms with E-state index < -0.39 is 4.92 Å². The van der Waals surface area contributed by atoms with Crippen molar-refractivity contribution in [3.05, 3.63) is 33.9 Å². The third-order valence-electron chi connectivity index (χ3n) is 1.67. The Morgan fingerprint density at radius 3 is 2.93 bits per heavy atom. The van der Waals surface area contributed by atoms with Crippen molar-refractivity contribution < 1.29 is 10.0 Å². The molecule has 1 aromatic rings. The smallest absolute Gasteiger partial charge is 0.311 e. The van der Waals surface area contributed by atoms with Gasteiger partial charge in [0, 0.05) is 11.6 Å². The minimum Gasteiger partial charge on any atom is -0.502 e. The number of nitro benzene ring substituents is 1. The molecule has 0 bridgehead atoms. The largest absolute Gasteiger partial charge is 0.502 e. The second-order valence-corrected chi connectivity index (χ2v) is 2.79. The lowest BCUT2D eigenvalue weighted by Crippen LogP contribution is -2.04. The van der Waals surface area contributed by atoms with Crippen molar-refractivity contribution in [2.75, 3.05) is 13.6 Å². The number of phenols is 1. The van der Waals surface area contributed by atoms with E-state index in [2.05, 4.69) is 17.2 Å².